The predicted molar refractivity (Wildman–Crippen MR) is 68.2 cm³/mol. The molecule has 0 spiro atoms. The van der Waals surface area contributed by atoms with Gasteiger partial charge < -0.3 is 11.1 Å². The minimum Gasteiger partial charge on any atom is -0.345 e. The fraction of sp³-hybridized carbons (Fsp3) is 0.273. The predicted octanol–water partition coefficient (Wildman–Crippen LogP) is 1.46. The maximum Gasteiger partial charge on any atom is 0.277 e. The standard InChI is InChI=1S/C11H12F2N4OS/c12-11(13,5-14)6-15-10(18)8-4-7(16-17-8)9-2-1-3-19-9/h1-4H,5-6,14H2,(H,15,18)(H,16,17). The van der Waals surface area contributed by atoms with Crippen LogP contribution in [0.3, 0.4) is 0 Å². The first-order chi connectivity index (χ1) is 9.02. The smallest absolute Gasteiger partial charge is 0.277 e. The van der Waals surface area contributed by atoms with E-state index < -0.39 is 24.9 Å². The van der Waals surface area contributed by atoms with Gasteiger partial charge in [0.25, 0.3) is 11.8 Å². The molecule has 102 valence electrons. The van der Waals surface area contributed by atoms with E-state index in [1.54, 1.807) is 0 Å². The number of nitrogens with one attached hydrogen (secondary N) is 2. The SMILES string of the molecule is NCC(F)(F)CNC(=O)c1cc(-c2cccs2)[nH]n1. The molecule has 19 heavy (non-hydrogen) atoms. The zero-order chi connectivity index (χ0) is 13.9. The minimum atomic E-state index is -3.11. The molecule has 0 unspecified atom stereocenters. The van der Waals surface area contributed by atoms with Gasteiger partial charge in [0, 0.05) is 0 Å². The summed E-state index contributed by atoms with van der Waals surface area (Å²) in [4.78, 5) is 12.5. The number of thiophene rings is 1. The fourth-order valence-electron chi connectivity index (χ4n) is 1.37. The fourth-order valence-corrected chi connectivity index (χ4v) is 2.06. The first-order valence-electron chi connectivity index (χ1n) is 5.47. The molecule has 2 rings (SSSR count). The number of hydrogen-bond donors (Lipinski definition) is 3. The molecule has 0 saturated carbocycles. The first-order valence-corrected chi connectivity index (χ1v) is 6.35. The number of nitrogens with zero attached hydrogens (tertiary/aromatic N) is 1. The lowest BCUT2D eigenvalue weighted by molar-refractivity contribution is 0.0118. The summed E-state index contributed by atoms with van der Waals surface area (Å²) in [6.07, 6.45) is 0. The number of halogens is 2. The lowest BCUT2D eigenvalue weighted by Crippen LogP contribution is -2.41. The molecule has 4 N–H and O–H groups in total. The van der Waals surface area contributed by atoms with Crippen LogP contribution in [0.1, 0.15) is 10.5 Å². The van der Waals surface area contributed by atoms with E-state index >= 15 is 0 Å². The van der Waals surface area contributed by atoms with Gasteiger partial charge in [-0.05, 0) is 17.5 Å². The van der Waals surface area contributed by atoms with E-state index in [1.165, 1.54) is 17.4 Å². The van der Waals surface area contributed by atoms with Crippen molar-refractivity contribution >= 4 is 17.2 Å². The van der Waals surface area contributed by atoms with Crippen LogP contribution in [0, 0.1) is 0 Å². The summed E-state index contributed by atoms with van der Waals surface area (Å²) in [6, 6.07) is 5.24. The van der Waals surface area contributed by atoms with Crippen molar-refractivity contribution in [3.63, 3.8) is 0 Å². The molecule has 2 aromatic rings. The second-order valence-electron chi connectivity index (χ2n) is 3.89. The zero-order valence-electron chi connectivity index (χ0n) is 9.82. The van der Waals surface area contributed by atoms with E-state index in [0.29, 0.717) is 5.69 Å². The Morgan fingerprint density at radius 2 is 2.37 bits per heavy atom. The first kappa shape index (κ1) is 13.6. The minimum absolute atomic E-state index is 0.0659. The summed E-state index contributed by atoms with van der Waals surface area (Å²) in [5.74, 6) is -3.77. The normalized spacial score (nSPS) is 11.5. The second kappa shape index (κ2) is 5.45. The average molecular weight is 286 g/mol. The third-order valence-corrected chi connectivity index (χ3v) is 3.31. The van der Waals surface area contributed by atoms with Crippen LogP contribution in [0.15, 0.2) is 23.6 Å². The molecule has 2 heterocycles. The number of aromatic amines is 1. The summed E-state index contributed by atoms with van der Waals surface area (Å²) in [5.41, 5.74) is 5.62. The highest BCUT2D eigenvalue weighted by atomic mass is 32.1. The summed E-state index contributed by atoms with van der Waals surface area (Å²) in [5, 5.41) is 10.5. The maximum atomic E-state index is 12.9. The van der Waals surface area contributed by atoms with E-state index in [1.807, 2.05) is 17.5 Å². The molecule has 1 amide bonds. The molecular formula is C11H12F2N4OS. The lowest BCUT2D eigenvalue weighted by Gasteiger charge is -2.13. The van der Waals surface area contributed by atoms with Gasteiger partial charge in [-0.1, -0.05) is 6.07 Å². The molecule has 0 atom stereocenters. The number of H-pyrrole nitrogens is 1. The van der Waals surface area contributed by atoms with Gasteiger partial charge in [0.15, 0.2) is 5.69 Å². The van der Waals surface area contributed by atoms with Gasteiger partial charge in [-0.25, -0.2) is 8.78 Å². The molecule has 0 fully saturated rings. The Labute approximate surface area is 111 Å². The van der Waals surface area contributed by atoms with Gasteiger partial charge in [-0.2, -0.15) is 5.10 Å². The number of hydrogen-bond acceptors (Lipinski definition) is 4. The Kier molecular flexibility index (Phi) is 3.91. The van der Waals surface area contributed by atoms with Gasteiger partial charge in [0.1, 0.15) is 0 Å². The summed E-state index contributed by atoms with van der Waals surface area (Å²) >= 11 is 1.48. The van der Waals surface area contributed by atoms with Crippen LogP contribution in [0.5, 0.6) is 0 Å². The number of alkyl halides is 2. The van der Waals surface area contributed by atoms with Gasteiger partial charge in [-0.15, -0.1) is 11.3 Å². The Balaban J connectivity index is 2.01. The van der Waals surface area contributed by atoms with Crippen LogP contribution in [0.2, 0.25) is 0 Å². The molecule has 0 saturated heterocycles. The second-order valence-corrected chi connectivity index (χ2v) is 4.83. The van der Waals surface area contributed by atoms with Crippen molar-refractivity contribution in [2.24, 2.45) is 5.73 Å². The lowest BCUT2D eigenvalue weighted by atomic mass is 10.3. The van der Waals surface area contributed by atoms with Crippen LogP contribution >= 0.6 is 11.3 Å². The Hall–Kier alpha value is -1.80. The Bertz CT molecular complexity index is 553. The summed E-state index contributed by atoms with van der Waals surface area (Å²) in [6.45, 7) is -1.61. The van der Waals surface area contributed by atoms with E-state index in [-0.39, 0.29) is 5.69 Å². The number of carbonyl (C=O) groups excluding carboxylic acids is 1. The molecule has 2 aromatic heterocycles. The number of nitrogens with two attached hydrogens (primary N) is 1. The van der Waals surface area contributed by atoms with Gasteiger partial charge in [0.05, 0.1) is 23.7 Å². The molecule has 5 nitrogen and oxygen atoms in total. The van der Waals surface area contributed by atoms with Crippen LogP contribution in [-0.4, -0.2) is 35.1 Å². The highest BCUT2D eigenvalue weighted by Gasteiger charge is 2.27. The van der Waals surface area contributed by atoms with Crippen molar-refractivity contribution in [2.45, 2.75) is 5.92 Å². The van der Waals surface area contributed by atoms with Gasteiger partial charge >= 0.3 is 0 Å². The third-order valence-electron chi connectivity index (χ3n) is 2.40. The highest BCUT2D eigenvalue weighted by Crippen LogP contribution is 2.22. The average Bonchev–Trinajstić information content (AvgIpc) is 3.05. The number of rotatable bonds is 5. The number of carbonyl (C=O) groups is 1. The quantitative estimate of drug-likeness (QED) is 0.778. The van der Waals surface area contributed by atoms with Crippen LogP contribution in [0.25, 0.3) is 10.6 Å². The zero-order valence-corrected chi connectivity index (χ0v) is 10.6. The molecular weight excluding hydrogens is 274 g/mol. The van der Waals surface area contributed by atoms with Crippen molar-refractivity contribution in [1.29, 1.82) is 0 Å². The van der Waals surface area contributed by atoms with Crippen molar-refractivity contribution in [3.05, 3.63) is 29.3 Å². The topological polar surface area (TPSA) is 83.8 Å². The Morgan fingerprint density at radius 1 is 1.58 bits per heavy atom. The van der Waals surface area contributed by atoms with Crippen LogP contribution in [-0.2, 0) is 0 Å². The molecule has 0 aliphatic carbocycles. The summed E-state index contributed by atoms with van der Waals surface area (Å²) < 4.78 is 25.8. The van der Waals surface area contributed by atoms with Crippen molar-refractivity contribution in [3.8, 4) is 10.6 Å². The molecule has 8 heteroatoms. The van der Waals surface area contributed by atoms with Crippen molar-refractivity contribution < 1.29 is 13.6 Å². The Morgan fingerprint density at radius 3 is 3.00 bits per heavy atom. The van der Waals surface area contributed by atoms with Gasteiger partial charge in [-0.3, -0.25) is 9.89 Å². The van der Waals surface area contributed by atoms with Crippen LogP contribution < -0.4 is 11.1 Å². The van der Waals surface area contributed by atoms with Crippen molar-refractivity contribution in [2.75, 3.05) is 13.1 Å². The number of amides is 1. The van der Waals surface area contributed by atoms with E-state index in [4.69, 9.17) is 5.73 Å². The van der Waals surface area contributed by atoms with E-state index in [2.05, 4.69) is 15.5 Å². The molecule has 0 aliphatic rings. The molecule has 0 radical (unpaired) electrons. The van der Waals surface area contributed by atoms with E-state index in [9.17, 15) is 13.6 Å². The highest BCUT2D eigenvalue weighted by molar-refractivity contribution is 7.13. The monoisotopic (exact) mass is 286 g/mol. The van der Waals surface area contributed by atoms with Crippen LogP contribution in [0.4, 0.5) is 8.78 Å². The van der Waals surface area contributed by atoms with E-state index in [0.717, 1.165) is 4.88 Å². The van der Waals surface area contributed by atoms with Gasteiger partial charge in [0.2, 0.25) is 0 Å². The number of aromatic nitrogens is 2. The molecule has 0 aromatic carbocycles. The third kappa shape index (κ3) is 3.36. The maximum absolute atomic E-state index is 12.9. The largest absolute Gasteiger partial charge is 0.345 e. The molecule has 0 aliphatic heterocycles. The molecule has 0 bridgehead atoms. The van der Waals surface area contributed by atoms with Crippen molar-refractivity contribution in [1.82, 2.24) is 15.5 Å². The summed E-state index contributed by atoms with van der Waals surface area (Å²) in [7, 11) is 0.